The van der Waals surface area contributed by atoms with E-state index in [9.17, 15) is 4.79 Å². The fourth-order valence-electron chi connectivity index (χ4n) is 2.19. The van der Waals surface area contributed by atoms with E-state index >= 15 is 0 Å². The quantitative estimate of drug-likeness (QED) is 0.766. The fourth-order valence-corrected chi connectivity index (χ4v) is 2.19. The van der Waals surface area contributed by atoms with Crippen molar-refractivity contribution in [3.8, 4) is 0 Å². The van der Waals surface area contributed by atoms with Crippen LogP contribution in [0, 0.1) is 0 Å². The van der Waals surface area contributed by atoms with Crippen molar-refractivity contribution in [2.75, 3.05) is 6.54 Å². The molecule has 0 bridgehead atoms. The summed E-state index contributed by atoms with van der Waals surface area (Å²) in [4.78, 5) is 18.2. The van der Waals surface area contributed by atoms with Crippen molar-refractivity contribution in [3.63, 3.8) is 0 Å². The Labute approximate surface area is 108 Å². The minimum atomic E-state index is -0.450. The summed E-state index contributed by atoms with van der Waals surface area (Å²) >= 11 is 0. The molecule has 0 unspecified atom stereocenters. The van der Waals surface area contributed by atoms with Gasteiger partial charge in [0, 0.05) is 12.7 Å². The molecular formula is C14H20N2O2. The monoisotopic (exact) mass is 248 g/mol. The second kappa shape index (κ2) is 4.96. The highest BCUT2D eigenvalue weighted by molar-refractivity contribution is 5.69. The summed E-state index contributed by atoms with van der Waals surface area (Å²) < 4.78 is 5.43. The van der Waals surface area contributed by atoms with E-state index in [1.54, 1.807) is 11.1 Å². The van der Waals surface area contributed by atoms with E-state index in [-0.39, 0.29) is 12.1 Å². The minimum Gasteiger partial charge on any atom is -0.444 e. The maximum Gasteiger partial charge on any atom is 0.410 e. The smallest absolute Gasteiger partial charge is 0.410 e. The number of nitrogens with zero attached hydrogens (tertiary/aromatic N) is 2. The molecule has 4 nitrogen and oxygen atoms in total. The molecule has 2 heterocycles. The predicted molar refractivity (Wildman–Crippen MR) is 69.2 cm³/mol. The maximum atomic E-state index is 12.1. The third kappa shape index (κ3) is 3.00. The molecule has 1 atom stereocenters. The van der Waals surface area contributed by atoms with Crippen molar-refractivity contribution in [3.05, 3.63) is 30.1 Å². The number of ether oxygens (including phenoxy) is 1. The Balaban J connectivity index is 2.11. The summed E-state index contributed by atoms with van der Waals surface area (Å²) in [7, 11) is 0. The predicted octanol–water partition coefficient (Wildman–Crippen LogP) is 3.15. The normalized spacial score (nSPS) is 19.9. The van der Waals surface area contributed by atoms with Crippen molar-refractivity contribution in [1.29, 1.82) is 0 Å². The van der Waals surface area contributed by atoms with Crippen molar-refractivity contribution >= 4 is 6.09 Å². The van der Waals surface area contributed by atoms with Crippen LogP contribution in [-0.4, -0.2) is 28.1 Å². The Hall–Kier alpha value is -1.58. The third-order valence-corrected chi connectivity index (χ3v) is 2.91. The molecule has 1 aliphatic heterocycles. The molecule has 4 heteroatoms. The highest BCUT2D eigenvalue weighted by Gasteiger charge is 2.33. The largest absolute Gasteiger partial charge is 0.444 e. The van der Waals surface area contributed by atoms with Gasteiger partial charge in [-0.2, -0.15) is 0 Å². The van der Waals surface area contributed by atoms with Crippen molar-refractivity contribution in [1.82, 2.24) is 9.88 Å². The molecule has 2 rings (SSSR count). The maximum absolute atomic E-state index is 12.1. The average Bonchev–Trinajstić information content (AvgIpc) is 2.76. The topological polar surface area (TPSA) is 42.4 Å². The van der Waals surface area contributed by atoms with Crippen LogP contribution < -0.4 is 0 Å². The number of carbonyl (C=O) groups excluding carboxylic acids is 1. The first-order valence-electron chi connectivity index (χ1n) is 6.38. The van der Waals surface area contributed by atoms with Crippen LogP contribution in [0.15, 0.2) is 24.4 Å². The lowest BCUT2D eigenvalue weighted by molar-refractivity contribution is 0.0221. The molecule has 1 amide bonds. The highest BCUT2D eigenvalue weighted by atomic mass is 16.6. The van der Waals surface area contributed by atoms with E-state index < -0.39 is 5.60 Å². The van der Waals surface area contributed by atoms with E-state index in [1.165, 1.54) is 0 Å². The van der Waals surface area contributed by atoms with Gasteiger partial charge in [-0.15, -0.1) is 0 Å². The Morgan fingerprint density at radius 2 is 2.22 bits per heavy atom. The first kappa shape index (κ1) is 12.9. The molecule has 0 spiro atoms. The molecule has 1 fully saturated rings. The van der Waals surface area contributed by atoms with Gasteiger partial charge in [-0.05, 0) is 45.7 Å². The molecule has 1 saturated heterocycles. The van der Waals surface area contributed by atoms with Crippen LogP contribution in [0.2, 0.25) is 0 Å². The fraction of sp³-hybridized carbons (Fsp3) is 0.571. The van der Waals surface area contributed by atoms with Gasteiger partial charge < -0.3 is 4.74 Å². The Kier molecular flexibility index (Phi) is 3.55. The van der Waals surface area contributed by atoms with Gasteiger partial charge in [-0.25, -0.2) is 4.79 Å². The Morgan fingerprint density at radius 3 is 2.83 bits per heavy atom. The molecule has 0 aromatic carbocycles. The zero-order valence-corrected chi connectivity index (χ0v) is 11.2. The summed E-state index contributed by atoms with van der Waals surface area (Å²) in [5.41, 5.74) is 0.495. The first-order chi connectivity index (χ1) is 8.47. The third-order valence-electron chi connectivity index (χ3n) is 2.91. The molecule has 0 radical (unpaired) electrons. The molecule has 98 valence electrons. The molecule has 0 N–H and O–H groups in total. The number of pyridine rings is 1. The van der Waals surface area contributed by atoms with Gasteiger partial charge >= 0.3 is 6.09 Å². The van der Waals surface area contributed by atoms with Gasteiger partial charge in [0.2, 0.25) is 0 Å². The van der Waals surface area contributed by atoms with Gasteiger partial charge in [-0.3, -0.25) is 9.88 Å². The SMILES string of the molecule is CC(C)(C)OC(=O)N1CCC[C@@H]1c1ccccn1. The number of amides is 1. The van der Waals surface area contributed by atoms with E-state index in [0.29, 0.717) is 0 Å². The van der Waals surface area contributed by atoms with Crippen LogP contribution in [0.5, 0.6) is 0 Å². The van der Waals surface area contributed by atoms with Gasteiger partial charge in [0.15, 0.2) is 0 Å². The van der Waals surface area contributed by atoms with E-state index in [0.717, 1.165) is 25.1 Å². The minimum absolute atomic E-state index is 0.0565. The molecule has 0 saturated carbocycles. The van der Waals surface area contributed by atoms with E-state index in [1.807, 2.05) is 39.0 Å². The van der Waals surface area contributed by atoms with Crippen LogP contribution in [-0.2, 0) is 4.74 Å². The Bertz CT molecular complexity index is 412. The van der Waals surface area contributed by atoms with E-state index in [2.05, 4.69) is 4.98 Å². The van der Waals surface area contributed by atoms with Crippen LogP contribution >= 0.6 is 0 Å². The van der Waals surface area contributed by atoms with Crippen LogP contribution in [0.3, 0.4) is 0 Å². The number of hydrogen-bond acceptors (Lipinski definition) is 3. The Morgan fingerprint density at radius 1 is 1.44 bits per heavy atom. The number of hydrogen-bond donors (Lipinski definition) is 0. The lowest BCUT2D eigenvalue weighted by Gasteiger charge is -2.28. The van der Waals surface area contributed by atoms with Gasteiger partial charge in [0.05, 0.1) is 11.7 Å². The van der Waals surface area contributed by atoms with Crippen LogP contribution in [0.1, 0.15) is 45.3 Å². The molecule has 0 aliphatic carbocycles. The average molecular weight is 248 g/mol. The lowest BCUT2D eigenvalue weighted by atomic mass is 10.1. The van der Waals surface area contributed by atoms with Crippen LogP contribution in [0.4, 0.5) is 4.79 Å². The lowest BCUT2D eigenvalue weighted by Crippen LogP contribution is -2.36. The summed E-state index contributed by atoms with van der Waals surface area (Å²) in [6.07, 6.45) is 3.48. The van der Waals surface area contributed by atoms with Gasteiger partial charge in [-0.1, -0.05) is 6.07 Å². The molecular weight excluding hydrogens is 228 g/mol. The second-order valence-electron chi connectivity index (χ2n) is 5.59. The molecule has 1 aromatic rings. The van der Waals surface area contributed by atoms with Crippen LogP contribution in [0.25, 0.3) is 0 Å². The standard InChI is InChI=1S/C14H20N2O2/c1-14(2,3)18-13(17)16-10-6-8-12(16)11-7-4-5-9-15-11/h4-5,7,9,12H,6,8,10H2,1-3H3/t12-/m1/s1. The molecule has 18 heavy (non-hydrogen) atoms. The van der Waals surface area contributed by atoms with E-state index in [4.69, 9.17) is 4.74 Å². The van der Waals surface area contributed by atoms with Crippen molar-refractivity contribution in [2.24, 2.45) is 0 Å². The summed E-state index contributed by atoms with van der Waals surface area (Å²) in [6.45, 7) is 6.40. The highest BCUT2D eigenvalue weighted by Crippen LogP contribution is 2.31. The molecule has 1 aliphatic rings. The number of likely N-dealkylation sites (tertiary alicyclic amines) is 1. The number of rotatable bonds is 1. The van der Waals surface area contributed by atoms with Crippen molar-refractivity contribution < 1.29 is 9.53 Å². The zero-order chi connectivity index (χ0) is 13.2. The van der Waals surface area contributed by atoms with Gasteiger partial charge in [0.1, 0.15) is 5.60 Å². The molecule has 1 aromatic heterocycles. The number of aromatic nitrogens is 1. The number of carbonyl (C=O) groups is 1. The summed E-state index contributed by atoms with van der Waals surface area (Å²) in [5, 5.41) is 0. The van der Waals surface area contributed by atoms with Crippen molar-refractivity contribution in [2.45, 2.75) is 45.3 Å². The van der Waals surface area contributed by atoms with Gasteiger partial charge in [0.25, 0.3) is 0 Å². The summed E-state index contributed by atoms with van der Waals surface area (Å²) in [5.74, 6) is 0. The summed E-state index contributed by atoms with van der Waals surface area (Å²) in [6, 6.07) is 5.86. The zero-order valence-electron chi connectivity index (χ0n) is 11.2. The first-order valence-corrected chi connectivity index (χ1v) is 6.38. The second-order valence-corrected chi connectivity index (χ2v) is 5.59.